The molecule has 0 aliphatic heterocycles. The Balaban J connectivity index is 0.00000281. The molecule has 0 saturated carbocycles. The van der Waals surface area contributed by atoms with Gasteiger partial charge < -0.3 is 13.7 Å². The molecule has 0 N–H and O–H groups in total. The number of thiophene rings is 1. The summed E-state index contributed by atoms with van der Waals surface area (Å²) < 4.78 is 13.3. The molecular weight excluding hydrogens is 756 g/mol. The van der Waals surface area contributed by atoms with Gasteiger partial charge in [-0.3, -0.25) is 4.98 Å². The molecule has 5 nitrogen and oxygen atoms in total. The molecule has 10 aromatic rings. The Labute approximate surface area is 275 Å². The monoisotopic (exact) mass is 775 g/mol. The Morgan fingerprint density at radius 3 is 2.36 bits per heavy atom. The van der Waals surface area contributed by atoms with Gasteiger partial charge in [-0.15, -0.1) is 41.7 Å². The molecule has 0 aliphatic carbocycles. The predicted octanol–water partition coefficient (Wildman–Crippen LogP) is 9.89. The van der Waals surface area contributed by atoms with Crippen LogP contribution in [0.2, 0.25) is 0 Å². The fourth-order valence-corrected chi connectivity index (χ4v) is 7.70. The summed E-state index contributed by atoms with van der Waals surface area (Å²) in [7, 11) is 0. The first kappa shape index (κ1) is 26.4. The maximum absolute atomic E-state index is 6.42. The van der Waals surface area contributed by atoms with Gasteiger partial charge in [0.25, 0.3) is 0 Å². The van der Waals surface area contributed by atoms with Gasteiger partial charge in [0.05, 0.1) is 11.2 Å². The van der Waals surface area contributed by atoms with E-state index in [-0.39, 0.29) is 21.1 Å². The van der Waals surface area contributed by atoms with Crippen molar-refractivity contribution in [3.8, 4) is 17.2 Å². The van der Waals surface area contributed by atoms with Gasteiger partial charge in [0, 0.05) is 66.6 Å². The molecule has 0 fully saturated rings. The van der Waals surface area contributed by atoms with Crippen molar-refractivity contribution in [3.05, 3.63) is 134 Å². The van der Waals surface area contributed by atoms with E-state index < -0.39 is 0 Å². The van der Waals surface area contributed by atoms with Gasteiger partial charge in [0.1, 0.15) is 5.65 Å². The third kappa shape index (κ3) is 3.89. The summed E-state index contributed by atoms with van der Waals surface area (Å²) in [4.78, 5) is 9.45. The average Bonchev–Trinajstić information content (AvgIpc) is 3.78. The van der Waals surface area contributed by atoms with Gasteiger partial charge >= 0.3 is 21.1 Å². The van der Waals surface area contributed by atoms with Crippen LogP contribution in [0.3, 0.4) is 0 Å². The van der Waals surface area contributed by atoms with E-state index in [2.05, 4.69) is 87.8 Å². The standard InChI is InChI=1S/C38H20N4OS.Pt/c1-3-12-33-27(9-1)29-11-6-16-39-38(29)42(33)23-7-5-8-24(19-23)43-25-14-15-26-30-22-36-31(28-10-2-4-13-35(28)44-36)21-34(30)41-18-17-40-37(41)32(26)20-25;/h1-18,21-22H;/q-2;+2. The minimum Gasteiger partial charge on any atom is -0.503 e. The molecule has 0 saturated heterocycles. The second kappa shape index (κ2) is 10.00. The van der Waals surface area contributed by atoms with Crippen LogP contribution in [-0.4, -0.2) is 18.9 Å². The normalized spacial score (nSPS) is 11.8. The summed E-state index contributed by atoms with van der Waals surface area (Å²) in [5.74, 6) is 1.21. The number of hydrogen-bond donors (Lipinski definition) is 0. The zero-order valence-electron chi connectivity index (χ0n) is 23.5. The molecule has 0 unspecified atom stereocenters. The van der Waals surface area contributed by atoms with Crippen molar-refractivity contribution in [2.75, 3.05) is 0 Å². The molecule has 10 rings (SSSR count). The van der Waals surface area contributed by atoms with E-state index in [1.165, 1.54) is 25.6 Å². The van der Waals surface area contributed by atoms with E-state index in [1.54, 1.807) is 0 Å². The quantitative estimate of drug-likeness (QED) is 0.133. The van der Waals surface area contributed by atoms with Crippen molar-refractivity contribution < 1.29 is 25.8 Å². The molecule has 5 aromatic heterocycles. The number of rotatable bonds is 3. The number of hydrogen-bond acceptors (Lipinski definition) is 4. The van der Waals surface area contributed by atoms with E-state index in [9.17, 15) is 0 Å². The van der Waals surface area contributed by atoms with Crippen LogP contribution in [0.1, 0.15) is 0 Å². The van der Waals surface area contributed by atoms with Gasteiger partial charge in [-0.1, -0.05) is 58.9 Å². The Hall–Kier alpha value is -5.03. The van der Waals surface area contributed by atoms with Crippen molar-refractivity contribution in [2.45, 2.75) is 0 Å². The molecule has 214 valence electrons. The van der Waals surface area contributed by atoms with E-state index in [0.717, 1.165) is 49.6 Å². The molecule has 5 aromatic carbocycles. The van der Waals surface area contributed by atoms with E-state index in [0.29, 0.717) is 11.5 Å². The summed E-state index contributed by atoms with van der Waals surface area (Å²) >= 11 is 1.83. The molecule has 0 bridgehead atoms. The Bertz CT molecular complexity index is 2720. The number of benzene rings is 5. The summed E-state index contributed by atoms with van der Waals surface area (Å²) in [5.41, 5.74) is 4.81. The molecule has 0 aliphatic rings. The zero-order chi connectivity index (χ0) is 28.8. The van der Waals surface area contributed by atoms with Crippen molar-refractivity contribution >= 4 is 80.8 Å². The largest absolute Gasteiger partial charge is 2.00 e. The van der Waals surface area contributed by atoms with Crippen molar-refractivity contribution in [1.29, 1.82) is 0 Å². The fraction of sp³-hybridized carbons (Fsp3) is 0. The Kier molecular flexibility index (Phi) is 5.86. The second-order valence-electron chi connectivity index (χ2n) is 10.9. The smallest absolute Gasteiger partial charge is 0.503 e. The average molecular weight is 776 g/mol. The fourth-order valence-electron chi connectivity index (χ4n) is 6.58. The number of pyridine rings is 2. The van der Waals surface area contributed by atoms with Crippen molar-refractivity contribution in [3.63, 3.8) is 0 Å². The number of nitrogens with zero attached hydrogens (tertiary/aromatic N) is 4. The zero-order valence-corrected chi connectivity index (χ0v) is 26.6. The van der Waals surface area contributed by atoms with Crippen molar-refractivity contribution in [1.82, 2.24) is 18.9 Å². The van der Waals surface area contributed by atoms with E-state index in [4.69, 9.17) is 14.7 Å². The minimum atomic E-state index is 0. The third-order valence-corrected chi connectivity index (χ3v) is 9.61. The molecule has 7 heteroatoms. The first-order valence-electron chi connectivity index (χ1n) is 14.4. The molecule has 0 spiro atoms. The first-order valence-corrected chi connectivity index (χ1v) is 15.2. The Morgan fingerprint density at radius 1 is 0.578 bits per heavy atom. The van der Waals surface area contributed by atoms with Crippen LogP contribution in [0.15, 0.2) is 122 Å². The predicted molar refractivity (Wildman–Crippen MR) is 179 cm³/mol. The number of imidazole rings is 1. The van der Waals surface area contributed by atoms with Crippen LogP contribution in [0, 0.1) is 12.1 Å². The third-order valence-electron chi connectivity index (χ3n) is 8.48. The minimum absolute atomic E-state index is 0. The summed E-state index contributed by atoms with van der Waals surface area (Å²) in [6, 6.07) is 42.7. The summed E-state index contributed by atoms with van der Waals surface area (Å²) in [6.45, 7) is 0. The topological polar surface area (TPSA) is 44.4 Å². The number of fused-ring (bicyclic) bond motifs is 12. The van der Waals surface area contributed by atoms with E-state index in [1.807, 2.05) is 66.3 Å². The van der Waals surface area contributed by atoms with Crippen LogP contribution in [0.4, 0.5) is 0 Å². The van der Waals surface area contributed by atoms with Gasteiger partial charge in [-0.25, -0.2) is 4.98 Å². The van der Waals surface area contributed by atoms with Crippen LogP contribution in [-0.2, 0) is 21.1 Å². The van der Waals surface area contributed by atoms with Crippen LogP contribution in [0.5, 0.6) is 11.5 Å². The van der Waals surface area contributed by atoms with Crippen LogP contribution >= 0.6 is 11.3 Å². The second-order valence-corrected chi connectivity index (χ2v) is 12.0. The number of para-hydroxylation sites is 1. The van der Waals surface area contributed by atoms with Crippen LogP contribution < -0.4 is 4.74 Å². The Morgan fingerprint density at radius 2 is 1.40 bits per heavy atom. The van der Waals surface area contributed by atoms with Gasteiger partial charge in [0.2, 0.25) is 0 Å². The van der Waals surface area contributed by atoms with Gasteiger partial charge in [-0.05, 0) is 41.8 Å². The summed E-state index contributed by atoms with van der Waals surface area (Å²) in [5, 5.41) is 8.00. The molecule has 5 heterocycles. The SMILES string of the molecule is [Pt+2].[c-]1c(Oc2[c-]c3c(cc2)c2cc4sc5ccccc5c4cc2n2ccnc32)cccc1-n1c2ccccc2c2cccnc21. The maximum Gasteiger partial charge on any atom is 2.00 e. The molecule has 45 heavy (non-hydrogen) atoms. The molecule has 0 radical (unpaired) electrons. The first-order chi connectivity index (χ1) is 21.8. The number of ether oxygens (including phenoxy) is 1. The summed E-state index contributed by atoms with van der Waals surface area (Å²) in [6.07, 6.45) is 5.70. The molecule has 0 amide bonds. The van der Waals surface area contributed by atoms with Gasteiger partial charge in [0.15, 0.2) is 0 Å². The number of aromatic nitrogens is 4. The van der Waals surface area contributed by atoms with Crippen molar-refractivity contribution in [2.24, 2.45) is 0 Å². The maximum atomic E-state index is 6.42. The van der Waals surface area contributed by atoms with Crippen LogP contribution in [0.25, 0.3) is 75.1 Å². The molecule has 0 atom stereocenters. The van der Waals surface area contributed by atoms with E-state index >= 15 is 0 Å². The molecular formula is C38H20N4OPtS. The van der Waals surface area contributed by atoms with Gasteiger partial charge in [-0.2, -0.15) is 6.07 Å².